The maximum absolute atomic E-state index is 13.9. The van der Waals surface area contributed by atoms with Gasteiger partial charge in [0.25, 0.3) is 0 Å². The van der Waals surface area contributed by atoms with Crippen molar-refractivity contribution in [2.24, 2.45) is 0 Å². The summed E-state index contributed by atoms with van der Waals surface area (Å²) in [5, 5.41) is 3.28. The fourth-order valence-corrected chi connectivity index (χ4v) is 2.24. The summed E-state index contributed by atoms with van der Waals surface area (Å²) in [5.41, 5.74) is 2.45. The maximum Gasteiger partial charge on any atom is 0.145 e. The molecule has 0 radical (unpaired) electrons. The standard InChI is InChI=1S/C15H17ClFN3/c1-9(18-3)12-8-19-14(20-10(12)2)7-11-5-4-6-13(16)15(11)17/h4-6,8-9,18H,7H2,1-3H3. The highest BCUT2D eigenvalue weighted by Crippen LogP contribution is 2.20. The fraction of sp³-hybridized carbons (Fsp3) is 0.333. The van der Waals surface area contributed by atoms with E-state index in [0.717, 1.165) is 11.3 Å². The van der Waals surface area contributed by atoms with Crippen LogP contribution >= 0.6 is 11.6 Å². The Bertz CT molecular complexity index is 616. The molecule has 0 aliphatic rings. The van der Waals surface area contributed by atoms with E-state index < -0.39 is 5.82 Å². The number of benzene rings is 1. The van der Waals surface area contributed by atoms with Gasteiger partial charge in [0.05, 0.1) is 5.02 Å². The first-order valence-corrected chi connectivity index (χ1v) is 6.83. The normalized spacial score (nSPS) is 12.4. The van der Waals surface area contributed by atoms with Gasteiger partial charge in [0.15, 0.2) is 0 Å². The van der Waals surface area contributed by atoms with Crippen LogP contribution in [0.2, 0.25) is 5.02 Å². The molecule has 20 heavy (non-hydrogen) atoms. The molecule has 2 rings (SSSR count). The zero-order valence-electron chi connectivity index (χ0n) is 11.7. The molecule has 2 aromatic rings. The van der Waals surface area contributed by atoms with Gasteiger partial charge in [-0.2, -0.15) is 0 Å². The Morgan fingerprint density at radius 3 is 2.80 bits per heavy atom. The molecule has 0 aliphatic carbocycles. The molecule has 0 amide bonds. The molecule has 1 N–H and O–H groups in total. The second-order valence-electron chi connectivity index (χ2n) is 4.73. The third-order valence-electron chi connectivity index (χ3n) is 3.35. The highest BCUT2D eigenvalue weighted by molar-refractivity contribution is 6.30. The number of rotatable bonds is 4. The van der Waals surface area contributed by atoms with Gasteiger partial charge in [0.2, 0.25) is 0 Å². The van der Waals surface area contributed by atoms with Crippen LogP contribution in [0.1, 0.15) is 35.6 Å². The number of nitrogens with zero attached hydrogens (tertiary/aromatic N) is 2. The lowest BCUT2D eigenvalue weighted by Crippen LogP contribution is -2.15. The third-order valence-corrected chi connectivity index (χ3v) is 3.64. The van der Waals surface area contributed by atoms with E-state index in [4.69, 9.17) is 11.6 Å². The monoisotopic (exact) mass is 293 g/mol. The molecule has 0 spiro atoms. The van der Waals surface area contributed by atoms with Crippen LogP contribution in [-0.4, -0.2) is 17.0 Å². The minimum Gasteiger partial charge on any atom is -0.313 e. The highest BCUT2D eigenvalue weighted by atomic mass is 35.5. The number of hydrogen-bond donors (Lipinski definition) is 1. The van der Waals surface area contributed by atoms with Crippen LogP contribution in [0.3, 0.4) is 0 Å². The minimum atomic E-state index is -0.400. The van der Waals surface area contributed by atoms with Crippen LogP contribution in [0.25, 0.3) is 0 Å². The van der Waals surface area contributed by atoms with Gasteiger partial charge in [-0.25, -0.2) is 14.4 Å². The number of aromatic nitrogens is 2. The van der Waals surface area contributed by atoms with E-state index in [1.807, 2.05) is 20.9 Å². The van der Waals surface area contributed by atoms with E-state index in [-0.39, 0.29) is 11.1 Å². The summed E-state index contributed by atoms with van der Waals surface area (Å²) >= 11 is 5.77. The molecule has 5 heteroatoms. The summed E-state index contributed by atoms with van der Waals surface area (Å²) in [4.78, 5) is 8.76. The van der Waals surface area contributed by atoms with Gasteiger partial charge in [-0.05, 0) is 32.5 Å². The van der Waals surface area contributed by atoms with Gasteiger partial charge in [-0.1, -0.05) is 23.7 Å². The van der Waals surface area contributed by atoms with Crippen molar-refractivity contribution < 1.29 is 4.39 Å². The van der Waals surface area contributed by atoms with Crippen LogP contribution in [0.5, 0.6) is 0 Å². The van der Waals surface area contributed by atoms with Gasteiger partial charge in [0.1, 0.15) is 11.6 Å². The van der Waals surface area contributed by atoms with Gasteiger partial charge in [-0.15, -0.1) is 0 Å². The van der Waals surface area contributed by atoms with Gasteiger partial charge in [0, 0.05) is 29.9 Å². The quantitative estimate of drug-likeness (QED) is 0.938. The first kappa shape index (κ1) is 14.9. The van der Waals surface area contributed by atoms with Gasteiger partial charge >= 0.3 is 0 Å². The van der Waals surface area contributed by atoms with Crippen molar-refractivity contribution in [3.8, 4) is 0 Å². The van der Waals surface area contributed by atoms with Crippen LogP contribution in [0.4, 0.5) is 4.39 Å². The van der Waals surface area contributed by atoms with Crippen molar-refractivity contribution >= 4 is 11.6 Å². The molecule has 1 atom stereocenters. The molecule has 1 heterocycles. The molecule has 3 nitrogen and oxygen atoms in total. The van der Waals surface area contributed by atoms with Crippen LogP contribution < -0.4 is 5.32 Å². The molecule has 1 aromatic heterocycles. The van der Waals surface area contributed by atoms with E-state index in [1.165, 1.54) is 6.07 Å². The molecule has 0 bridgehead atoms. The van der Waals surface area contributed by atoms with Crippen molar-refractivity contribution in [2.45, 2.75) is 26.3 Å². The Labute approximate surface area is 123 Å². The average Bonchev–Trinajstić information content (AvgIpc) is 2.43. The first-order chi connectivity index (χ1) is 9.52. The largest absolute Gasteiger partial charge is 0.313 e. The van der Waals surface area contributed by atoms with Crippen molar-refractivity contribution in [2.75, 3.05) is 7.05 Å². The van der Waals surface area contributed by atoms with Crippen molar-refractivity contribution in [3.05, 3.63) is 57.9 Å². The molecule has 1 aromatic carbocycles. The number of hydrogen-bond acceptors (Lipinski definition) is 3. The molecule has 106 valence electrons. The second kappa shape index (κ2) is 6.29. The lowest BCUT2D eigenvalue weighted by atomic mass is 10.1. The van der Waals surface area contributed by atoms with E-state index in [1.54, 1.807) is 18.3 Å². The van der Waals surface area contributed by atoms with E-state index >= 15 is 0 Å². The van der Waals surface area contributed by atoms with Gasteiger partial charge < -0.3 is 5.32 Å². The molecule has 0 saturated carbocycles. The molecular weight excluding hydrogens is 277 g/mol. The second-order valence-corrected chi connectivity index (χ2v) is 5.13. The molecule has 0 aliphatic heterocycles. The van der Waals surface area contributed by atoms with Crippen LogP contribution in [-0.2, 0) is 6.42 Å². The topological polar surface area (TPSA) is 37.8 Å². The summed E-state index contributed by atoms with van der Waals surface area (Å²) in [7, 11) is 1.89. The average molecular weight is 294 g/mol. The van der Waals surface area contributed by atoms with E-state index in [9.17, 15) is 4.39 Å². The van der Waals surface area contributed by atoms with E-state index in [0.29, 0.717) is 17.8 Å². The Morgan fingerprint density at radius 2 is 2.15 bits per heavy atom. The smallest absolute Gasteiger partial charge is 0.145 e. The summed E-state index contributed by atoms with van der Waals surface area (Å²) in [5.74, 6) is 0.193. The molecule has 1 unspecified atom stereocenters. The molecular formula is C15H17ClFN3. The number of halogens is 2. The number of aryl methyl sites for hydroxylation is 1. The lowest BCUT2D eigenvalue weighted by molar-refractivity contribution is 0.611. The Hall–Kier alpha value is -1.52. The Kier molecular flexibility index (Phi) is 4.68. The summed E-state index contributed by atoms with van der Waals surface area (Å²) in [6.07, 6.45) is 2.13. The number of nitrogens with one attached hydrogen (secondary N) is 1. The summed E-state index contributed by atoms with van der Waals surface area (Å²) < 4.78 is 13.9. The van der Waals surface area contributed by atoms with E-state index in [2.05, 4.69) is 15.3 Å². The maximum atomic E-state index is 13.9. The highest BCUT2D eigenvalue weighted by Gasteiger charge is 2.12. The lowest BCUT2D eigenvalue weighted by Gasteiger charge is -2.13. The first-order valence-electron chi connectivity index (χ1n) is 6.45. The minimum absolute atomic E-state index is 0.125. The third kappa shape index (κ3) is 3.14. The van der Waals surface area contributed by atoms with Crippen molar-refractivity contribution in [1.29, 1.82) is 0 Å². The summed E-state index contributed by atoms with van der Waals surface area (Å²) in [6.45, 7) is 3.98. The summed E-state index contributed by atoms with van der Waals surface area (Å²) in [6, 6.07) is 5.14. The SMILES string of the molecule is CNC(C)c1cnc(Cc2cccc(Cl)c2F)nc1C. The van der Waals surface area contributed by atoms with Crippen LogP contribution in [0, 0.1) is 12.7 Å². The predicted octanol–water partition coefficient (Wildman–Crippen LogP) is 3.45. The zero-order valence-corrected chi connectivity index (χ0v) is 12.5. The molecule has 0 fully saturated rings. The Morgan fingerprint density at radius 1 is 1.40 bits per heavy atom. The molecule has 0 saturated heterocycles. The zero-order chi connectivity index (χ0) is 14.7. The van der Waals surface area contributed by atoms with Gasteiger partial charge in [-0.3, -0.25) is 0 Å². The fourth-order valence-electron chi connectivity index (χ4n) is 2.05. The van der Waals surface area contributed by atoms with Crippen molar-refractivity contribution in [1.82, 2.24) is 15.3 Å². The predicted molar refractivity (Wildman–Crippen MR) is 78.5 cm³/mol. The Balaban J connectivity index is 2.27. The van der Waals surface area contributed by atoms with Crippen molar-refractivity contribution in [3.63, 3.8) is 0 Å². The van der Waals surface area contributed by atoms with Crippen LogP contribution in [0.15, 0.2) is 24.4 Å².